The van der Waals surface area contributed by atoms with Gasteiger partial charge in [-0.2, -0.15) is 0 Å². The summed E-state index contributed by atoms with van der Waals surface area (Å²) in [7, 11) is 0. The first kappa shape index (κ1) is 58.4. The largest absolute Gasteiger partial charge is 0.462 e. The number of unbranched alkanes of at least 4 members (excludes halogenated alkanes) is 36. The Morgan fingerprint density at radius 1 is 0.317 bits per heavy atom. The second kappa shape index (κ2) is 48.4. The van der Waals surface area contributed by atoms with Gasteiger partial charge in [0, 0.05) is 19.3 Å². The van der Waals surface area contributed by atoms with E-state index >= 15 is 0 Å². The quantitative estimate of drug-likeness (QED) is 0.0345. The van der Waals surface area contributed by atoms with Crippen molar-refractivity contribution in [3.63, 3.8) is 0 Å². The van der Waals surface area contributed by atoms with E-state index in [-0.39, 0.29) is 31.1 Å². The highest BCUT2D eigenvalue weighted by atomic mass is 16.6. The van der Waals surface area contributed by atoms with Gasteiger partial charge in [0.1, 0.15) is 13.2 Å². The molecule has 0 saturated heterocycles. The highest BCUT2D eigenvalue weighted by Gasteiger charge is 2.19. The van der Waals surface area contributed by atoms with Crippen LogP contribution in [0.4, 0.5) is 0 Å². The van der Waals surface area contributed by atoms with Crippen LogP contribution in [0, 0.1) is 5.92 Å². The van der Waals surface area contributed by atoms with Crippen molar-refractivity contribution < 1.29 is 28.6 Å². The molecule has 1 atom stereocenters. The standard InChI is InChI=1S/C54H104O6/c1-5-7-9-11-13-15-17-19-20-21-22-24-26-30-35-39-43-47-54(57)60-51(49-59-53(56)46-42-38-34-31-27-28-32-36-40-44-50(3)4)48-58-52(55)45-41-37-33-29-25-23-18-16-14-12-10-8-6-2/h50-51H,5-49H2,1-4H3/t51-/m1/s1. The van der Waals surface area contributed by atoms with Gasteiger partial charge in [-0.3, -0.25) is 14.4 Å². The summed E-state index contributed by atoms with van der Waals surface area (Å²) >= 11 is 0. The van der Waals surface area contributed by atoms with Crippen LogP contribution < -0.4 is 0 Å². The predicted octanol–water partition coefficient (Wildman–Crippen LogP) is 17.5. The third-order valence-electron chi connectivity index (χ3n) is 12.3. The Balaban J connectivity index is 4.29. The SMILES string of the molecule is CCCCCCCCCCCCCCCCCCCC(=O)O[C@H](COC(=O)CCCCCCCCCCCCCCC)COC(=O)CCCCCCCCCCCC(C)C. The van der Waals surface area contributed by atoms with Gasteiger partial charge in [0.05, 0.1) is 0 Å². The molecule has 0 amide bonds. The van der Waals surface area contributed by atoms with Gasteiger partial charge in [-0.15, -0.1) is 0 Å². The van der Waals surface area contributed by atoms with Crippen LogP contribution in [-0.2, 0) is 28.6 Å². The van der Waals surface area contributed by atoms with Gasteiger partial charge in [0.25, 0.3) is 0 Å². The Kier molecular flexibility index (Phi) is 47.2. The molecule has 0 aliphatic heterocycles. The molecule has 0 heterocycles. The fourth-order valence-electron chi connectivity index (χ4n) is 8.22. The van der Waals surface area contributed by atoms with Gasteiger partial charge in [-0.1, -0.05) is 265 Å². The molecule has 0 aromatic carbocycles. The number of hydrogen-bond donors (Lipinski definition) is 0. The van der Waals surface area contributed by atoms with Crippen LogP contribution in [0.2, 0.25) is 0 Å². The predicted molar refractivity (Wildman–Crippen MR) is 257 cm³/mol. The van der Waals surface area contributed by atoms with Gasteiger partial charge < -0.3 is 14.2 Å². The highest BCUT2D eigenvalue weighted by Crippen LogP contribution is 2.17. The molecule has 0 saturated carbocycles. The first-order chi connectivity index (χ1) is 29.4. The number of carbonyl (C=O) groups excluding carboxylic acids is 3. The van der Waals surface area contributed by atoms with E-state index in [1.54, 1.807) is 0 Å². The molecule has 0 rings (SSSR count). The molecular formula is C54H104O6. The lowest BCUT2D eigenvalue weighted by molar-refractivity contribution is -0.167. The van der Waals surface area contributed by atoms with Crippen LogP contribution >= 0.6 is 0 Å². The smallest absolute Gasteiger partial charge is 0.306 e. The number of hydrogen-bond acceptors (Lipinski definition) is 6. The molecular weight excluding hydrogens is 745 g/mol. The second-order valence-corrected chi connectivity index (χ2v) is 19.0. The fourth-order valence-corrected chi connectivity index (χ4v) is 8.22. The lowest BCUT2D eigenvalue weighted by Crippen LogP contribution is -2.30. The molecule has 0 bridgehead atoms. The van der Waals surface area contributed by atoms with Gasteiger partial charge in [-0.25, -0.2) is 0 Å². The molecule has 356 valence electrons. The molecule has 0 spiro atoms. The third-order valence-corrected chi connectivity index (χ3v) is 12.3. The van der Waals surface area contributed by atoms with Gasteiger partial charge in [0.2, 0.25) is 0 Å². The lowest BCUT2D eigenvalue weighted by atomic mass is 10.0. The normalized spacial score (nSPS) is 11.9. The second-order valence-electron chi connectivity index (χ2n) is 19.0. The van der Waals surface area contributed by atoms with Gasteiger partial charge >= 0.3 is 17.9 Å². The summed E-state index contributed by atoms with van der Waals surface area (Å²) in [6, 6.07) is 0. The maximum Gasteiger partial charge on any atom is 0.306 e. The Bertz CT molecular complexity index is 903. The molecule has 0 unspecified atom stereocenters. The minimum atomic E-state index is -0.761. The molecule has 6 nitrogen and oxygen atoms in total. The van der Waals surface area contributed by atoms with Crippen molar-refractivity contribution in [3.8, 4) is 0 Å². The number of esters is 3. The molecule has 60 heavy (non-hydrogen) atoms. The topological polar surface area (TPSA) is 78.9 Å². The van der Waals surface area contributed by atoms with Crippen molar-refractivity contribution in [1.29, 1.82) is 0 Å². The molecule has 0 fully saturated rings. The van der Waals surface area contributed by atoms with Crippen LogP contribution in [0.5, 0.6) is 0 Å². The van der Waals surface area contributed by atoms with E-state index in [1.165, 1.54) is 199 Å². The average molecular weight is 849 g/mol. The van der Waals surface area contributed by atoms with Crippen molar-refractivity contribution in [3.05, 3.63) is 0 Å². The highest BCUT2D eigenvalue weighted by molar-refractivity contribution is 5.71. The summed E-state index contributed by atoms with van der Waals surface area (Å²) in [6.45, 7) is 9.02. The Morgan fingerprint density at radius 3 is 0.817 bits per heavy atom. The first-order valence-electron chi connectivity index (χ1n) is 26.9. The molecule has 0 aliphatic carbocycles. The van der Waals surface area contributed by atoms with Crippen molar-refractivity contribution >= 4 is 17.9 Å². The molecule has 0 aromatic rings. The van der Waals surface area contributed by atoms with Crippen LogP contribution in [0.1, 0.15) is 304 Å². The molecule has 6 heteroatoms. The summed E-state index contributed by atoms with van der Waals surface area (Å²) in [4.78, 5) is 38.0. The summed E-state index contributed by atoms with van der Waals surface area (Å²) < 4.78 is 16.8. The van der Waals surface area contributed by atoms with Crippen molar-refractivity contribution in [2.45, 2.75) is 310 Å². The van der Waals surface area contributed by atoms with Gasteiger partial charge in [0.15, 0.2) is 6.10 Å². The third kappa shape index (κ3) is 47.5. The van der Waals surface area contributed by atoms with Crippen LogP contribution in [0.3, 0.4) is 0 Å². The fraction of sp³-hybridized carbons (Fsp3) is 0.944. The Morgan fingerprint density at radius 2 is 0.550 bits per heavy atom. The van der Waals surface area contributed by atoms with E-state index in [0.717, 1.165) is 63.7 Å². The summed E-state index contributed by atoms with van der Waals surface area (Å²) in [5.74, 6) is -0.0339. The Hall–Kier alpha value is -1.59. The number of ether oxygens (including phenoxy) is 3. The maximum absolute atomic E-state index is 12.8. The van der Waals surface area contributed by atoms with Crippen LogP contribution in [-0.4, -0.2) is 37.2 Å². The monoisotopic (exact) mass is 849 g/mol. The van der Waals surface area contributed by atoms with E-state index in [0.29, 0.717) is 19.3 Å². The number of rotatable bonds is 49. The zero-order valence-electron chi connectivity index (χ0n) is 40.9. The zero-order valence-corrected chi connectivity index (χ0v) is 40.9. The lowest BCUT2D eigenvalue weighted by Gasteiger charge is -2.18. The van der Waals surface area contributed by atoms with E-state index in [1.807, 2.05) is 0 Å². The average Bonchev–Trinajstić information content (AvgIpc) is 3.23. The van der Waals surface area contributed by atoms with Crippen molar-refractivity contribution in [1.82, 2.24) is 0 Å². The molecule has 0 N–H and O–H groups in total. The van der Waals surface area contributed by atoms with Gasteiger partial charge in [-0.05, 0) is 25.2 Å². The van der Waals surface area contributed by atoms with E-state index in [9.17, 15) is 14.4 Å². The Labute approximate surface area is 374 Å². The molecule has 0 aromatic heterocycles. The van der Waals surface area contributed by atoms with E-state index < -0.39 is 6.10 Å². The summed E-state index contributed by atoms with van der Waals surface area (Å²) in [6.07, 6.45) is 50.9. The van der Waals surface area contributed by atoms with Crippen LogP contribution in [0.25, 0.3) is 0 Å². The molecule has 0 aliphatic rings. The van der Waals surface area contributed by atoms with E-state index in [4.69, 9.17) is 14.2 Å². The minimum absolute atomic E-state index is 0.0627. The number of carbonyl (C=O) groups is 3. The summed E-state index contributed by atoms with van der Waals surface area (Å²) in [5, 5.41) is 0. The minimum Gasteiger partial charge on any atom is -0.462 e. The van der Waals surface area contributed by atoms with E-state index in [2.05, 4.69) is 27.7 Å². The first-order valence-corrected chi connectivity index (χ1v) is 26.9. The maximum atomic E-state index is 12.8. The zero-order chi connectivity index (χ0) is 43.8. The molecule has 0 radical (unpaired) electrons. The van der Waals surface area contributed by atoms with Crippen LogP contribution in [0.15, 0.2) is 0 Å². The van der Waals surface area contributed by atoms with Crippen molar-refractivity contribution in [2.24, 2.45) is 5.92 Å². The van der Waals surface area contributed by atoms with Crippen molar-refractivity contribution in [2.75, 3.05) is 13.2 Å². The summed E-state index contributed by atoms with van der Waals surface area (Å²) in [5.41, 5.74) is 0.